The van der Waals surface area contributed by atoms with Gasteiger partial charge in [-0.25, -0.2) is 0 Å². The second-order valence-electron chi connectivity index (χ2n) is 6.93. The van der Waals surface area contributed by atoms with Crippen molar-refractivity contribution >= 4 is 0 Å². The normalized spacial score (nSPS) is 13.1. The smallest absolute Gasteiger partial charge is 0.0325 e. The molecule has 0 heteroatoms. The standard InChI is InChI=1S/C21H42/c1-4-6-8-9-10-11-12-13-14-15-16-17-18-20-21(3)19-7-5-2/h17-18,21H,4-16,19-20H2,1-3H3/t21-/m1/s1. The monoisotopic (exact) mass is 294 g/mol. The molecule has 0 aromatic heterocycles. The van der Waals surface area contributed by atoms with Gasteiger partial charge in [-0.05, 0) is 25.2 Å². The maximum atomic E-state index is 2.42. The first-order valence-electron chi connectivity index (χ1n) is 9.96. The van der Waals surface area contributed by atoms with E-state index in [4.69, 9.17) is 0 Å². The Morgan fingerprint density at radius 1 is 0.619 bits per heavy atom. The van der Waals surface area contributed by atoms with Gasteiger partial charge >= 0.3 is 0 Å². The van der Waals surface area contributed by atoms with Crippen LogP contribution in [-0.2, 0) is 0 Å². The molecular formula is C21H42. The van der Waals surface area contributed by atoms with Gasteiger partial charge in [0.15, 0.2) is 0 Å². The van der Waals surface area contributed by atoms with Crippen molar-refractivity contribution in [1.29, 1.82) is 0 Å². The van der Waals surface area contributed by atoms with E-state index in [-0.39, 0.29) is 0 Å². The van der Waals surface area contributed by atoms with Crippen LogP contribution in [0.25, 0.3) is 0 Å². The zero-order valence-electron chi connectivity index (χ0n) is 15.3. The van der Waals surface area contributed by atoms with E-state index in [1.165, 1.54) is 96.3 Å². The SMILES string of the molecule is CCCCCCCCCCCCC=CC[C@H](C)CCCC. The number of hydrogen-bond acceptors (Lipinski definition) is 0. The molecule has 0 aromatic carbocycles. The summed E-state index contributed by atoms with van der Waals surface area (Å²) in [7, 11) is 0. The minimum Gasteiger partial charge on any atom is -0.0885 e. The third-order valence-corrected chi connectivity index (χ3v) is 4.48. The molecule has 126 valence electrons. The highest BCUT2D eigenvalue weighted by Gasteiger charge is 1.97. The maximum absolute atomic E-state index is 2.42. The molecule has 0 saturated carbocycles. The molecule has 0 unspecified atom stereocenters. The summed E-state index contributed by atoms with van der Waals surface area (Å²) in [6.07, 6.45) is 26.0. The molecule has 0 aliphatic heterocycles. The third-order valence-electron chi connectivity index (χ3n) is 4.48. The Kier molecular flexibility index (Phi) is 17.6. The molecule has 21 heavy (non-hydrogen) atoms. The number of allylic oxidation sites excluding steroid dienone is 2. The van der Waals surface area contributed by atoms with Crippen molar-refractivity contribution in [3.63, 3.8) is 0 Å². The first-order valence-corrected chi connectivity index (χ1v) is 9.96. The molecule has 0 aliphatic carbocycles. The Bertz CT molecular complexity index is 204. The minimum atomic E-state index is 0.883. The molecule has 0 amide bonds. The van der Waals surface area contributed by atoms with Crippen molar-refractivity contribution < 1.29 is 0 Å². The second-order valence-corrected chi connectivity index (χ2v) is 6.93. The van der Waals surface area contributed by atoms with Gasteiger partial charge in [0, 0.05) is 0 Å². The second kappa shape index (κ2) is 17.8. The van der Waals surface area contributed by atoms with Gasteiger partial charge in [0.05, 0.1) is 0 Å². The fourth-order valence-electron chi connectivity index (χ4n) is 2.87. The van der Waals surface area contributed by atoms with E-state index < -0.39 is 0 Å². The largest absolute Gasteiger partial charge is 0.0885 e. The molecule has 0 bridgehead atoms. The van der Waals surface area contributed by atoms with E-state index in [1.807, 2.05) is 0 Å². The highest BCUT2D eigenvalue weighted by Crippen LogP contribution is 2.14. The van der Waals surface area contributed by atoms with E-state index >= 15 is 0 Å². The van der Waals surface area contributed by atoms with E-state index in [0.29, 0.717) is 0 Å². The van der Waals surface area contributed by atoms with Crippen LogP contribution in [0.1, 0.15) is 117 Å². The molecule has 0 rings (SSSR count). The van der Waals surface area contributed by atoms with Gasteiger partial charge in [-0.3, -0.25) is 0 Å². The van der Waals surface area contributed by atoms with Crippen LogP contribution in [0.5, 0.6) is 0 Å². The first-order chi connectivity index (χ1) is 10.3. The summed E-state index contributed by atoms with van der Waals surface area (Å²) in [4.78, 5) is 0. The summed E-state index contributed by atoms with van der Waals surface area (Å²) in [6, 6.07) is 0. The molecule has 0 N–H and O–H groups in total. The average molecular weight is 295 g/mol. The molecule has 0 radical (unpaired) electrons. The number of rotatable bonds is 16. The number of hydrogen-bond donors (Lipinski definition) is 0. The zero-order chi connectivity index (χ0) is 15.6. The van der Waals surface area contributed by atoms with E-state index in [0.717, 1.165) is 5.92 Å². The van der Waals surface area contributed by atoms with Gasteiger partial charge < -0.3 is 0 Å². The van der Waals surface area contributed by atoms with Crippen molar-refractivity contribution in [2.45, 2.75) is 117 Å². The Morgan fingerprint density at radius 2 is 1.14 bits per heavy atom. The zero-order valence-corrected chi connectivity index (χ0v) is 15.3. The number of unbranched alkanes of at least 4 members (excludes halogenated alkanes) is 11. The van der Waals surface area contributed by atoms with E-state index in [2.05, 4.69) is 32.9 Å². The highest BCUT2D eigenvalue weighted by molar-refractivity contribution is 4.83. The molecule has 0 saturated heterocycles. The maximum Gasteiger partial charge on any atom is -0.0325 e. The van der Waals surface area contributed by atoms with Gasteiger partial charge in [0.2, 0.25) is 0 Å². The highest BCUT2D eigenvalue weighted by atomic mass is 14.0. The van der Waals surface area contributed by atoms with Gasteiger partial charge in [-0.2, -0.15) is 0 Å². The van der Waals surface area contributed by atoms with Crippen molar-refractivity contribution in [1.82, 2.24) is 0 Å². The lowest BCUT2D eigenvalue weighted by atomic mass is 10.0. The van der Waals surface area contributed by atoms with E-state index in [1.54, 1.807) is 0 Å². The molecule has 0 aromatic rings. The van der Waals surface area contributed by atoms with Crippen LogP contribution in [0.2, 0.25) is 0 Å². The predicted octanol–water partition coefficient (Wildman–Crippen LogP) is 8.07. The van der Waals surface area contributed by atoms with Crippen LogP contribution in [0.4, 0.5) is 0 Å². The van der Waals surface area contributed by atoms with Gasteiger partial charge in [0.25, 0.3) is 0 Å². The lowest BCUT2D eigenvalue weighted by Gasteiger charge is -2.06. The Hall–Kier alpha value is -0.260. The first kappa shape index (κ1) is 20.7. The quantitative estimate of drug-likeness (QED) is 0.199. The Labute approximate surface area is 135 Å². The minimum absolute atomic E-state index is 0.883. The van der Waals surface area contributed by atoms with Gasteiger partial charge in [-0.1, -0.05) is 110 Å². The molecule has 0 heterocycles. The third kappa shape index (κ3) is 17.7. The fourth-order valence-corrected chi connectivity index (χ4v) is 2.87. The average Bonchev–Trinajstić information content (AvgIpc) is 2.49. The summed E-state index contributed by atoms with van der Waals surface area (Å²) >= 11 is 0. The summed E-state index contributed by atoms with van der Waals surface area (Å²) in [6.45, 7) is 6.97. The van der Waals surface area contributed by atoms with E-state index in [9.17, 15) is 0 Å². The molecular weight excluding hydrogens is 252 g/mol. The molecule has 1 atom stereocenters. The Balaban J connectivity index is 3.14. The lowest BCUT2D eigenvalue weighted by Crippen LogP contribution is -1.91. The van der Waals surface area contributed by atoms with Crippen LogP contribution in [0.15, 0.2) is 12.2 Å². The van der Waals surface area contributed by atoms with Crippen molar-refractivity contribution in [2.75, 3.05) is 0 Å². The van der Waals surface area contributed by atoms with Gasteiger partial charge in [0.1, 0.15) is 0 Å². The van der Waals surface area contributed by atoms with Crippen LogP contribution in [-0.4, -0.2) is 0 Å². The summed E-state index contributed by atoms with van der Waals surface area (Å²) in [5.41, 5.74) is 0. The van der Waals surface area contributed by atoms with Crippen LogP contribution in [0, 0.1) is 5.92 Å². The van der Waals surface area contributed by atoms with Crippen molar-refractivity contribution in [2.24, 2.45) is 5.92 Å². The van der Waals surface area contributed by atoms with Gasteiger partial charge in [-0.15, -0.1) is 0 Å². The Morgan fingerprint density at radius 3 is 1.71 bits per heavy atom. The summed E-state index contributed by atoms with van der Waals surface area (Å²) in [5, 5.41) is 0. The summed E-state index contributed by atoms with van der Waals surface area (Å²) < 4.78 is 0. The molecule has 0 spiro atoms. The molecule has 0 nitrogen and oxygen atoms in total. The fraction of sp³-hybridized carbons (Fsp3) is 0.905. The van der Waals surface area contributed by atoms with Crippen molar-refractivity contribution in [3.05, 3.63) is 12.2 Å². The van der Waals surface area contributed by atoms with Crippen molar-refractivity contribution in [3.8, 4) is 0 Å². The molecule has 0 aliphatic rings. The summed E-state index contributed by atoms with van der Waals surface area (Å²) in [5.74, 6) is 0.883. The predicted molar refractivity (Wildman–Crippen MR) is 98.9 cm³/mol. The van der Waals surface area contributed by atoms with Crippen LogP contribution in [0.3, 0.4) is 0 Å². The van der Waals surface area contributed by atoms with Crippen LogP contribution >= 0.6 is 0 Å². The lowest BCUT2D eigenvalue weighted by molar-refractivity contribution is 0.511. The topological polar surface area (TPSA) is 0 Å². The molecule has 0 fully saturated rings. The van der Waals surface area contributed by atoms with Crippen LogP contribution < -0.4 is 0 Å².